The number of carbonyl (C=O) groups excluding carboxylic acids is 1. The lowest BCUT2D eigenvalue weighted by molar-refractivity contribution is -0.116. The summed E-state index contributed by atoms with van der Waals surface area (Å²) in [5.74, 6) is 1.51. The van der Waals surface area contributed by atoms with Crippen LogP contribution in [-0.4, -0.2) is 47.9 Å². The van der Waals surface area contributed by atoms with Gasteiger partial charge in [-0.1, -0.05) is 12.5 Å². The molecule has 0 atom stereocenters. The maximum atomic E-state index is 12.1. The zero-order valence-electron chi connectivity index (χ0n) is 15.8. The fraction of sp³-hybridized carbons (Fsp3) is 0.632. The Kier molecular flexibility index (Phi) is 7.67. The summed E-state index contributed by atoms with van der Waals surface area (Å²) in [4.78, 5) is 23.4. The summed E-state index contributed by atoms with van der Waals surface area (Å²) in [5.41, 5.74) is 1.44. The van der Waals surface area contributed by atoms with Crippen LogP contribution in [0.15, 0.2) is 23.2 Å². The van der Waals surface area contributed by atoms with Crippen LogP contribution in [0.25, 0.3) is 0 Å². The molecule has 2 heterocycles. The van der Waals surface area contributed by atoms with Crippen LogP contribution in [0.3, 0.4) is 0 Å². The lowest BCUT2D eigenvalue weighted by Gasteiger charge is -2.38. The van der Waals surface area contributed by atoms with Crippen molar-refractivity contribution in [2.75, 3.05) is 31.5 Å². The maximum Gasteiger partial charge on any atom is 0.227 e. The Morgan fingerprint density at radius 2 is 2.15 bits per heavy atom. The standard InChI is InChI=1S/C19H29N5O.HI/c1-3-20-18(24-13-11-19(14-24)9-5-10-19)21-12-8-17(25)23-16-7-4-6-15(2)22-16;/h4,6-7H,3,5,8-14H2,1-2H3,(H,20,21)(H,22,23,25);1H. The van der Waals surface area contributed by atoms with Gasteiger partial charge in [-0.2, -0.15) is 0 Å². The van der Waals surface area contributed by atoms with E-state index in [0.717, 1.165) is 31.3 Å². The van der Waals surface area contributed by atoms with Crippen molar-refractivity contribution in [1.82, 2.24) is 15.2 Å². The number of aryl methyl sites for hydroxylation is 1. The number of guanidine groups is 1. The number of nitrogens with zero attached hydrogens (tertiary/aromatic N) is 3. The second-order valence-corrected chi connectivity index (χ2v) is 7.22. The molecule has 0 radical (unpaired) electrons. The minimum atomic E-state index is -0.0467. The highest BCUT2D eigenvalue weighted by atomic mass is 127. The lowest BCUT2D eigenvalue weighted by atomic mass is 9.68. The SMILES string of the molecule is CCNC(=NCCC(=O)Nc1cccc(C)n1)N1CCC2(CCC2)C1.I. The molecule has 2 aliphatic rings. The van der Waals surface area contributed by atoms with Crippen molar-refractivity contribution in [1.29, 1.82) is 0 Å². The Bertz CT molecular complexity index is 645. The summed E-state index contributed by atoms with van der Waals surface area (Å²) in [6.07, 6.45) is 5.72. The zero-order valence-corrected chi connectivity index (χ0v) is 18.1. The second-order valence-electron chi connectivity index (χ2n) is 7.22. The molecule has 2 fully saturated rings. The average Bonchev–Trinajstić information content (AvgIpc) is 3.00. The van der Waals surface area contributed by atoms with Gasteiger partial charge in [0, 0.05) is 31.7 Å². The number of likely N-dealkylation sites (tertiary alicyclic amines) is 1. The number of aromatic nitrogens is 1. The minimum Gasteiger partial charge on any atom is -0.357 e. The largest absolute Gasteiger partial charge is 0.357 e. The Hall–Kier alpha value is -1.38. The van der Waals surface area contributed by atoms with Gasteiger partial charge in [0.1, 0.15) is 5.82 Å². The molecule has 0 unspecified atom stereocenters. The molecule has 2 N–H and O–H groups in total. The van der Waals surface area contributed by atoms with Crippen molar-refractivity contribution in [3.05, 3.63) is 23.9 Å². The van der Waals surface area contributed by atoms with Gasteiger partial charge in [-0.05, 0) is 50.7 Å². The Labute approximate surface area is 173 Å². The number of hydrogen-bond acceptors (Lipinski definition) is 3. The van der Waals surface area contributed by atoms with Crippen LogP contribution in [0.5, 0.6) is 0 Å². The molecule has 0 bridgehead atoms. The molecule has 7 heteroatoms. The van der Waals surface area contributed by atoms with Gasteiger partial charge in [0.15, 0.2) is 5.96 Å². The zero-order chi connectivity index (χ0) is 17.7. The Balaban J connectivity index is 0.00000243. The van der Waals surface area contributed by atoms with Crippen molar-refractivity contribution < 1.29 is 4.79 Å². The van der Waals surface area contributed by atoms with Crippen LogP contribution in [0.2, 0.25) is 0 Å². The molecular weight excluding hydrogens is 441 g/mol. The van der Waals surface area contributed by atoms with Gasteiger partial charge in [-0.3, -0.25) is 9.79 Å². The number of amides is 1. The van der Waals surface area contributed by atoms with Gasteiger partial charge in [-0.15, -0.1) is 24.0 Å². The van der Waals surface area contributed by atoms with Crippen LogP contribution in [0.1, 0.15) is 44.7 Å². The van der Waals surface area contributed by atoms with Crippen molar-refractivity contribution in [2.24, 2.45) is 10.4 Å². The molecule has 144 valence electrons. The van der Waals surface area contributed by atoms with E-state index < -0.39 is 0 Å². The molecule has 1 saturated heterocycles. The summed E-state index contributed by atoms with van der Waals surface area (Å²) in [5, 5.41) is 6.21. The number of nitrogens with one attached hydrogen (secondary N) is 2. The molecule has 1 aromatic rings. The quantitative estimate of drug-likeness (QED) is 0.393. The predicted octanol–water partition coefficient (Wildman–Crippen LogP) is 3.18. The highest BCUT2D eigenvalue weighted by Gasteiger charge is 2.43. The molecule has 6 nitrogen and oxygen atoms in total. The van der Waals surface area contributed by atoms with Gasteiger partial charge < -0.3 is 15.5 Å². The first-order valence-corrected chi connectivity index (χ1v) is 9.37. The smallest absolute Gasteiger partial charge is 0.227 e. The topological polar surface area (TPSA) is 69.6 Å². The fourth-order valence-electron chi connectivity index (χ4n) is 3.71. The number of halogens is 1. The van der Waals surface area contributed by atoms with Crippen molar-refractivity contribution >= 4 is 41.7 Å². The monoisotopic (exact) mass is 471 g/mol. The van der Waals surface area contributed by atoms with E-state index in [-0.39, 0.29) is 29.9 Å². The van der Waals surface area contributed by atoms with Crippen molar-refractivity contribution in [3.8, 4) is 0 Å². The first kappa shape index (κ1) is 20.9. The van der Waals surface area contributed by atoms with E-state index in [9.17, 15) is 4.79 Å². The van der Waals surface area contributed by atoms with Gasteiger partial charge in [0.05, 0.1) is 6.54 Å². The molecule has 0 aromatic carbocycles. The summed E-state index contributed by atoms with van der Waals surface area (Å²) < 4.78 is 0. The Morgan fingerprint density at radius 1 is 1.35 bits per heavy atom. The normalized spacial score (nSPS) is 18.2. The molecule has 1 aliphatic carbocycles. The number of rotatable bonds is 5. The molecule has 1 amide bonds. The van der Waals surface area contributed by atoms with E-state index in [0.29, 0.717) is 24.2 Å². The number of anilines is 1. The molecular formula is C19H30IN5O. The predicted molar refractivity (Wildman–Crippen MR) is 116 cm³/mol. The van der Waals surface area contributed by atoms with Crippen LogP contribution < -0.4 is 10.6 Å². The van der Waals surface area contributed by atoms with E-state index in [2.05, 4.69) is 32.4 Å². The van der Waals surface area contributed by atoms with E-state index in [1.165, 1.54) is 25.7 Å². The molecule has 1 spiro atoms. The summed E-state index contributed by atoms with van der Waals surface area (Å²) >= 11 is 0. The number of carbonyl (C=O) groups is 1. The Morgan fingerprint density at radius 3 is 2.77 bits per heavy atom. The average molecular weight is 471 g/mol. The molecule has 1 aliphatic heterocycles. The van der Waals surface area contributed by atoms with E-state index >= 15 is 0 Å². The maximum absolute atomic E-state index is 12.1. The van der Waals surface area contributed by atoms with Gasteiger partial charge in [-0.25, -0.2) is 4.98 Å². The third-order valence-corrected chi connectivity index (χ3v) is 5.24. The number of pyridine rings is 1. The molecule has 3 rings (SSSR count). The summed E-state index contributed by atoms with van der Waals surface area (Å²) in [7, 11) is 0. The third-order valence-electron chi connectivity index (χ3n) is 5.24. The summed E-state index contributed by atoms with van der Waals surface area (Å²) in [6, 6.07) is 5.61. The first-order valence-electron chi connectivity index (χ1n) is 9.37. The fourth-order valence-corrected chi connectivity index (χ4v) is 3.71. The van der Waals surface area contributed by atoms with Gasteiger partial charge in [0.2, 0.25) is 5.91 Å². The van der Waals surface area contributed by atoms with Crippen molar-refractivity contribution in [2.45, 2.75) is 46.0 Å². The minimum absolute atomic E-state index is 0. The number of hydrogen-bond donors (Lipinski definition) is 2. The molecule has 1 aromatic heterocycles. The molecule has 1 saturated carbocycles. The molecule has 26 heavy (non-hydrogen) atoms. The lowest BCUT2D eigenvalue weighted by Crippen LogP contribution is -2.42. The van der Waals surface area contributed by atoms with E-state index in [1.54, 1.807) is 6.07 Å². The highest BCUT2D eigenvalue weighted by Crippen LogP contribution is 2.47. The van der Waals surface area contributed by atoms with E-state index in [1.807, 2.05) is 19.1 Å². The van der Waals surface area contributed by atoms with Crippen LogP contribution in [0, 0.1) is 12.3 Å². The van der Waals surface area contributed by atoms with Crippen LogP contribution in [-0.2, 0) is 4.79 Å². The first-order chi connectivity index (χ1) is 12.1. The van der Waals surface area contributed by atoms with Crippen LogP contribution >= 0.6 is 24.0 Å². The second kappa shape index (κ2) is 9.53. The third kappa shape index (κ3) is 5.31. The highest BCUT2D eigenvalue weighted by molar-refractivity contribution is 14.0. The number of aliphatic imine (C=N–C) groups is 1. The van der Waals surface area contributed by atoms with E-state index in [4.69, 9.17) is 0 Å². The van der Waals surface area contributed by atoms with Gasteiger partial charge in [0.25, 0.3) is 0 Å². The van der Waals surface area contributed by atoms with Crippen LogP contribution in [0.4, 0.5) is 5.82 Å². The van der Waals surface area contributed by atoms with Gasteiger partial charge >= 0.3 is 0 Å². The van der Waals surface area contributed by atoms with Crippen molar-refractivity contribution in [3.63, 3.8) is 0 Å². The summed E-state index contributed by atoms with van der Waals surface area (Å²) in [6.45, 7) is 7.52.